The minimum Gasteiger partial charge on any atom is -0.306 e. The molecule has 0 bridgehead atoms. The molecule has 7 nitrogen and oxygen atoms in total. The van der Waals surface area contributed by atoms with Crippen LogP contribution in [-0.2, 0) is 6.42 Å². The second kappa shape index (κ2) is 6.29. The molecule has 0 aliphatic carbocycles. The fourth-order valence-corrected chi connectivity index (χ4v) is 4.30. The van der Waals surface area contributed by atoms with E-state index in [1.807, 2.05) is 31.2 Å². The number of rotatable bonds is 3. The quantitative estimate of drug-likeness (QED) is 0.426. The second-order valence-electron chi connectivity index (χ2n) is 6.03. The molecule has 0 fully saturated rings. The SMILES string of the molecule is Cc1nc2sc3c(NN)nnnc3c2c(C)c1Cc1ccc(C#N)cc1. The number of hydrogen-bond donors (Lipinski definition) is 2. The summed E-state index contributed by atoms with van der Waals surface area (Å²) < 4.78 is 0.850. The van der Waals surface area contributed by atoms with Gasteiger partial charge in [0.2, 0.25) is 0 Å². The first-order valence-electron chi connectivity index (χ1n) is 7.99. The Hall–Kier alpha value is -3.15. The molecule has 4 rings (SSSR count). The fourth-order valence-electron chi connectivity index (χ4n) is 3.14. The Balaban J connectivity index is 1.90. The monoisotopic (exact) mass is 361 g/mol. The molecule has 8 heteroatoms. The summed E-state index contributed by atoms with van der Waals surface area (Å²) in [6, 6.07) is 9.77. The van der Waals surface area contributed by atoms with Crippen molar-refractivity contribution in [3.8, 4) is 6.07 Å². The Morgan fingerprint density at radius 3 is 2.65 bits per heavy atom. The molecule has 0 atom stereocenters. The van der Waals surface area contributed by atoms with Crippen molar-refractivity contribution in [1.29, 1.82) is 5.26 Å². The highest BCUT2D eigenvalue weighted by atomic mass is 32.1. The van der Waals surface area contributed by atoms with Crippen molar-refractivity contribution in [2.75, 3.05) is 5.43 Å². The van der Waals surface area contributed by atoms with Crippen LogP contribution < -0.4 is 11.3 Å². The molecule has 128 valence electrons. The summed E-state index contributed by atoms with van der Waals surface area (Å²) in [4.78, 5) is 5.68. The Kier molecular flexibility index (Phi) is 3.95. The van der Waals surface area contributed by atoms with Gasteiger partial charge in [-0.1, -0.05) is 12.1 Å². The normalized spacial score (nSPS) is 11.0. The number of nitriles is 1. The highest BCUT2D eigenvalue weighted by molar-refractivity contribution is 7.26. The number of nitrogen functional groups attached to an aromatic ring is 1. The number of anilines is 1. The average Bonchev–Trinajstić information content (AvgIpc) is 3.03. The van der Waals surface area contributed by atoms with Crippen LogP contribution in [0.5, 0.6) is 0 Å². The predicted molar refractivity (Wildman–Crippen MR) is 102 cm³/mol. The summed E-state index contributed by atoms with van der Waals surface area (Å²) >= 11 is 1.51. The average molecular weight is 361 g/mol. The van der Waals surface area contributed by atoms with E-state index in [2.05, 4.69) is 33.8 Å². The van der Waals surface area contributed by atoms with Gasteiger partial charge in [-0.3, -0.25) is 0 Å². The summed E-state index contributed by atoms with van der Waals surface area (Å²) in [5.74, 6) is 6.05. The van der Waals surface area contributed by atoms with Gasteiger partial charge in [0.1, 0.15) is 15.0 Å². The fraction of sp³-hybridized carbons (Fsp3) is 0.167. The number of nitrogens with zero attached hydrogens (tertiary/aromatic N) is 5. The Labute approximate surface area is 153 Å². The van der Waals surface area contributed by atoms with Crippen LogP contribution in [0.1, 0.15) is 27.9 Å². The summed E-state index contributed by atoms with van der Waals surface area (Å²) in [6.07, 6.45) is 0.740. The summed E-state index contributed by atoms with van der Waals surface area (Å²) in [7, 11) is 0. The molecule has 3 heterocycles. The van der Waals surface area contributed by atoms with Crippen molar-refractivity contribution >= 4 is 37.6 Å². The summed E-state index contributed by atoms with van der Waals surface area (Å²) in [6.45, 7) is 4.10. The number of nitrogens with two attached hydrogens (primary N) is 1. The molecule has 0 aliphatic heterocycles. The topological polar surface area (TPSA) is 113 Å². The molecule has 3 aromatic heterocycles. The molecule has 26 heavy (non-hydrogen) atoms. The lowest BCUT2D eigenvalue weighted by molar-refractivity contribution is 0.898. The van der Waals surface area contributed by atoms with Gasteiger partial charge in [-0.25, -0.2) is 10.8 Å². The number of benzene rings is 1. The van der Waals surface area contributed by atoms with Crippen LogP contribution in [0.25, 0.3) is 20.4 Å². The lowest BCUT2D eigenvalue weighted by Gasteiger charge is -2.11. The lowest BCUT2D eigenvalue weighted by atomic mass is 9.97. The third-order valence-electron chi connectivity index (χ3n) is 4.50. The lowest BCUT2D eigenvalue weighted by Crippen LogP contribution is -2.09. The molecule has 0 saturated heterocycles. The van der Waals surface area contributed by atoms with E-state index >= 15 is 0 Å². The molecule has 0 aliphatic rings. The molecule has 3 N–H and O–H groups in total. The molecule has 0 unspecified atom stereocenters. The molecular formula is C18H15N7S. The number of aromatic nitrogens is 4. The zero-order valence-corrected chi connectivity index (χ0v) is 15.1. The maximum Gasteiger partial charge on any atom is 0.184 e. The predicted octanol–water partition coefficient (Wildman–Crippen LogP) is 3.00. The van der Waals surface area contributed by atoms with Crippen molar-refractivity contribution in [2.45, 2.75) is 20.3 Å². The summed E-state index contributed by atoms with van der Waals surface area (Å²) in [5, 5.41) is 21.9. The highest BCUT2D eigenvalue weighted by Gasteiger charge is 2.18. The van der Waals surface area contributed by atoms with E-state index in [0.29, 0.717) is 11.4 Å². The number of thiophene rings is 1. The van der Waals surface area contributed by atoms with E-state index in [-0.39, 0.29) is 0 Å². The van der Waals surface area contributed by atoms with E-state index in [0.717, 1.165) is 49.2 Å². The van der Waals surface area contributed by atoms with Crippen LogP contribution >= 0.6 is 11.3 Å². The van der Waals surface area contributed by atoms with Gasteiger partial charge in [0.25, 0.3) is 0 Å². The van der Waals surface area contributed by atoms with Crippen molar-refractivity contribution in [3.05, 3.63) is 52.2 Å². The molecule has 4 aromatic rings. The van der Waals surface area contributed by atoms with Crippen LogP contribution in [0.3, 0.4) is 0 Å². The number of fused-ring (bicyclic) bond motifs is 3. The van der Waals surface area contributed by atoms with Gasteiger partial charge in [-0.15, -0.1) is 21.5 Å². The third-order valence-corrected chi connectivity index (χ3v) is 5.58. The van der Waals surface area contributed by atoms with Crippen LogP contribution in [0.4, 0.5) is 5.82 Å². The van der Waals surface area contributed by atoms with Crippen molar-refractivity contribution < 1.29 is 0 Å². The zero-order valence-electron chi connectivity index (χ0n) is 14.2. The number of hydrazine groups is 1. The largest absolute Gasteiger partial charge is 0.306 e. The minimum absolute atomic E-state index is 0.503. The molecule has 0 amide bonds. The van der Waals surface area contributed by atoms with E-state index in [1.54, 1.807) is 0 Å². The number of aryl methyl sites for hydroxylation is 2. The van der Waals surface area contributed by atoms with Crippen molar-refractivity contribution in [3.63, 3.8) is 0 Å². The van der Waals surface area contributed by atoms with Gasteiger partial charge in [-0.2, -0.15) is 5.26 Å². The van der Waals surface area contributed by atoms with Gasteiger partial charge in [-0.05, 0) is 54.3 Å². The van der Waals surface area contributed by atoms with Gasteiger partial charge in [0, 0.05) is 11.1 Å². The van der Waals surface area contributed by atoms with Crippen LogP contribution in [0.2, 0.25) is 0 Å². The Bertz CT molecular complexity index is 1170. The first kappa shape index (κ1) is 16.3. The van der Waals surface area contributed by atoms with Crippen molar-refractivity contribution in [2.24, 2.45) is 5.84 Å². The maximum absolute atomic E-state index is 8.95. The van der Waals surface area contributed by atoms with Gasteiger partial charge in [0.05, 0.1) is 11.6 Å². The number of nitrogens with one attached hydrogen (secondary N) is 1. The van der Waals surface area contributed by atoms with Crippen LogP contribution in [0, 0.1) is 25.2 Å². The zero-order chi connectivity index (χ0) is 18.3. The third kappa shape index (κ3) is 2.54. The molecule has 0 saturated carbocycles. The van der Waals surface area contributed by atoms with Crippen LogP contribution in [0.15, 0.2) is 24.3 Å². The molecule has 0 spiro atoms. The number of hydrogen-bond acceptors (Lipinski definition) is 8. The van der Waals surface area contributed by atoms with Gasteiger partial charge < -0.3 is 5.43 Å². The first-order valence-corrected chi connectivity index (χ1v) is 8.81. The van der Waals surface area contributed by atoms with E-state index < -0.39 is 0 Å². The standard InChI is InChI=1S/C18H15N7S/c1-9-13(7-11-3-5-12(8-19)6-4-11)10(2)21-18-14(9)15-16(26-18)17(22-20)24-25-23-15/h3-6H,7,20H2,1-2H3,(H,22,23,24). The van der Waals surface area contributed by atoms with Crippen molar-refractivity contribution in [1.82, 2.24) is 20.4 Å². The Morgan fingerprint density at radius 2 is 1.96 bits per heavy atom. The van der Waals surface area contributed by atoms with E-state index in [1.165, 1.54) is 11.3 Å². The smallest absolute Gasteiger partial charge is 0.184 e. The Morgan fingerprint density at radius 1 is 1.19 bits per heavy atom. The van der Waals surface area contributed by atoms with Gasteiger partial charge in [0.15, 0.2) is 5.82 Å². The van der Waals surface area contributed by atoms with E-state index in [9.17, 15) is 0 Å². The first-order chi connectivity index (χ1) is 12.6. The second-order valence-corrected chi connectivity index (χ2v) is 7.03. The van der Waals surface area contributed by atoms with Gasteiger partial charge >= 0.3 is 0 Å². The highest BCUT2D eigenvalue weighted by Crippen LogP contribution is 2.37. The minimum atomic E-state index is 0.503. The molecule has 0 radical (unpaired) electrons. The number of pyridine rings is 1. The molecule has 1 aromatic carbocycles. The summed E-state index contributed by atoms with van der Waals surface area (Å²) in [5.41, 5.74) is 8.39. The van der Waals surface area contributed by atoms with Crippen LogP contribution in [-0.4, -0.2) is 20.4 Å². The molecular weight excluding hydrogens is 346 g/mol. The maximum atomic E-state index is 8.95. The van der Waals surface area contributed by atoms with E-state index in [4.69, 9.17) is 16.1 Å².